The Kier molecular flexibility index (Phi) is 6.15. The van der Waals surface area contributed by atoms with Crippen molar-refractivity contribution in [2.24, 2.45) is 11.7 Å². The van der Waals surface area contributed by atoms with Crippen molar-refractivity contribution < 1.29 is 14.3 Å². The molecule has 5 nitrogen and oxygen atoms in total. The fraction of sp³-hybridized carbons (Fsp3) is 0.500. The predicted octanol–water partition coefficient (Wildman–Crippen LogP) is 2.02. The Labute approximate surface area is 114 Å². The molecule has 0 aliphatic carbocycles. The minimum absolute atomic E-state index is 0.0659. The molecule has 1 aromatic carbocycles. The average Bonchev–Trinajstić information content (AvgIpc) is 2.44. The summed E-state index contributed by atoms with van der Waals surface area (Å²) < 4.78 is 10.3. The molecule has 1 unspecified atom stereocenters. The third kappa shape index (κ3) is 4.44. The van der Waals surface area contributed by atoms with Crippen molar-refractivity contribution in [3.05, 3.63) is 18.2 Å². The number of carbonyl (C=O) groups is 1. The van der Waals surface area contributed by atoms with Crippen molar-refractivity contribution in [1.82, 2.24) is 0 Å². The maximum atomic E-state index is 11.9. The van der Waals surface area contributed by atoms with Crippen LogP contribution in [-0.2, 0) is 4.79 Å². The average molecular weight is 266 g/mol. The molecule has 0 saturated carbocycles. The molecular weight excluding hydrogens is 244 g/mol. The highest BCUT2D eigenvalue weighted by molar-refractivity contribution is 5.92. The fourth-order valence-electron chi connectivity index (χ4n) is 1.77. The predicted molar refractivity (Wildman–Crippen MR) is 75.6 cm³/mol. The van der Waals surface area contributed by atoms with Crippen molar-refractivity contribution in [3.8, 4) is 11.5 Å². The normalized spacial score (nSPS) is 11.8. The molecule has 106 valence electrons. The van der Waals surface area contributed by atoms with Crippen LogP contribution in [-0.4, -0.2) is 26.7 Å². The van der Waals surface area contributed by atoms with E-state index in [9.17, 15) is 4.79 Å². The summed E-state index contributed by atoms with van der Waals surface area (Å²) in [5, 5.41) is 2.84. The van der Waals surface area contributed by atoms with Crippen LogP contribution in [0, 0.1) is 5.92 Å². The number of nitrogens with two attached hydrogens (primary N) is 1. The van der Waals surface area contributed by atoms with E-state index in [0.717, 1.165) is 6.42 Å². The SMILES string of the molecule is CCC(CN)CC(=O)Nc1cc(OC)ccc1OC. The highest BCUT2D eigenvalue weighted by Gasteiger charge is 2.13. The first-order valence-electron chi connectivity index (χ1n) is 6.36. The summed E-state index contributed by atoms with van der Waals surface area (Å²) in [7, 11) is 3.14. The second-order valence-corrected chi connectivity index (χ2v) is 4.33. The summed E-state index contributed by atoms with van der Waals surface area (Å²) in [5.74, 6) is 1.41. The van der Waals surface area contributed by atoms with Gasteiger partial charge < -0.3 is 20.5 Å². The van der Waals surface area contributed by atoms with Gasteiger partial charge in [0.25, 0.3) is 0 Å². The zero-order chi connectivity index (χ0) is 14.3. The lowest BCUT2D eigenvalue weighted by atomic mass is 10.0. The van der Waals surface area contributed by atoms with Crippen LogP contribution >= 0.6 is 0 Å². The highest BCUT2D eigenvalue weighted by atomic mass is 16.5. The topological polar surface area (TPSA) is 73.6 Å². The molecule has 0 saturated heterocycles. The van der Waals surface area contributed by atoms with Gasteiger partial charge in [0, 0.05) is 12.5 Å². The first-order chi connectivity index (χ1) is 9.14. The third-order valence-corrected chi connectivity index (χ3v) is 3.07. The zero-order valence-electron chi connectivity index (χ0n) is 11.7. The molecule has 0 bridgehead atoms. The molecular formula is C14H22N2O3. The summed E-state index contributed by atoms with van der Waals surface area (Å²) in [6, 6.07) is 5.28. The molecule has 1 amide bonds. The summed E-state index contributed by atoms with van der Waals surface area (Å²) in [4.78, 5) is 11.9. The van der Waals surface area contributed by atoms with Gasteiger partial charge in [-0.25, -0.2) is 0 Å². The lowest BCUT2D eigenvalue weighted by Crippen LogP contribution is -2.21. The van der Waals surface area contributed by atoms with Gasteiger partial charge in [0.2, 0.25) is 5.91 Å². The van der Waals surface area contributed by atoms with Crippen molar-refractivity contribution >= 4 is 11.6 Å². The van der Waals surface area contributed by atoms with E-state index in [2.05, 4.69) is 5.32 Å². The second kappa shape index (κ2) is 7.63. The van der Waals surface area contributed by atoms with E-state index in [4.69, 9.17) is 15.2 Å². The van der Waals surface area contributed by atoms with Crippen LogP contribution in [0.15, 0.2) is 18.2 Å². The first kappa shape index (κ1) is 15.3. The van der Waals surface area contributed by atoms with Gasteiger partial charge in [-0.2, -0.15) is 0 Å². The number of amides is 1. The van der Waals surface area contributed by atoms with Crippen molar-refractivity contribution in [3.63, 3.8) is 0 Å². The maximum Gasteiger partial charge on any atom is 0.224 e. The molecule has 0 spiro atoms. The Hall–Kier alpha value is -1.75. The van der Waals surface area contributed by atoms with Crippen LogP contribution < -0.4 is 20.5 Å². The third-order valence-electron chi connectivity index (χ3n) is 3.07. The van der Waals surface area contributed by atoms with Crippen LogP contribution in [0.1, 0.15) is 19.8 Å². The molecule has 19 heavy (non-hydrogen) atoms. The smallest absolute Gasteiger partial charge is 0.224 e. The van der Waals surface area contributed by atoms with E-state index < -0.39 is 0 Å². The van der Waals surface area contributed by atoms with E-state index in [1.807, 2.05) is 6.92 Å². The highest BCUT2D eigenvalue weighted by Crippen LogP contribution is 2.29. The number of carbonyl (C=O) groups excluding carboxylic acids is 1. The second-order valence-electron chi connectivity index (χ2n) is 4.33. The molecule has 0 radical (unpaired) electrons. The molecule has 0 aliphatic rings. The summed E-state index contributed by atoms with van der Waals surface area (Å²) >= 11 is 0. The summed E-state index contributed by atoms with van der Waals surface area (Å²) in [6.07, 6.45) is 1.30. The van der Waals surface area contributed by atoms with Crippen molar-refractivity contribution in [2.45, 2.75) is 19.8 Å². The summed E-state index contributed by atoms with van der Waals surface area (Å²) in [6.45, 7) is 2.54. The van der Waals surface area contributed by atoms with Crippen molar-refractivity contribution in [2.75, 3.05) is 26.1 Å². The number of nitrogens with one attached hydrogen (secondary N) is 1. The van der Waals surface area contributed by atoms with E-state index in [1.54, 1.807) is 32.4 Å². The van der Waals surface area contributed by atoms with Crippen LogP contribution in [0.2, 0.25) is 0 Å². The number of anilines is 1. The van der Waals surface area contributed by atoms with Gasteiger partial charge in [-0.3, -0.25) is 4.79 Å². The van der Waals surface area contributed by atoms with E-state index in [1.165, 1.54) is 0 Å². The number of hydrogen-bond donors (Lipinski definition) is 2. The quantitative estimate of drug-likeness (QED) is 0.792. The van der Waals surface area contributed by atoms with Gasteiger partial charge in [0.05, 0.1) is 19.9 Å². The molecule has 0 aromatic heterocycles. The summed E-state index contributed by atoms with van der Waals surface area (Å²) in [5.41, 5.74) is 6.21. The van der Waals surface area contributed by atoms with E-state index in [-0.39, 0.29) is 11.8 Å². The van der Waals surface area contributed by atoms with Crippen LogP contribution in [0.25, 0.3) is 0 Å². The van der Waals surface area contributed by atoms with E-state index in [0.29, 0.717) is 30.2 Å². The maximum absolute atomic E-state index is 11.9. The molecule has 1 rings (SSSR count). The van der Waals surface area contributed by atoms with E-state index >= 15 is 0 Å². The largest absolute Gasteiger partial charge is 0.497 e. The number of methoxy groups -OCH3 is 2. The Morgan fingerprint density at radius 3 is 2.63 bits per heavy atom. The van der Waals surface area contributed by atoms with Crippen LogP contribution in [0.5, 0.6) is 11.5 Å². The van der Waals surface area contributed by atoms with Crippen LogP contribution in [0.3, 0.4) is 0 Å². The van der Waals surface area contributed by atoms with Gasteiger partial charge in [-0.1, -0.05) is 13.3 Å². The lowest BCUT2D eigenvalue weighted by Gasteiger charge is -2.14. The Morgan fingerprint density at radius 1 is 1.37 bits per heavy atom. The molecule has 5 heteroatoms. The first-order valence-corrected chi connectivity index (χ1v) is 6.36. The molecule has 0 fully saturated rings. The minimum atomic E-state index is -0.0659. The Bertz CT molecular complexity index is 417. The molecule has 1 atom stereocenters. The van der Waals surface area contributed by atoms with Gasteiger partial charge in [-0.05, 0) is 24.6 Å². The van der Waals surface area contributed by atoms with Crippen molar-refractivity contribution in [1.29, 1.82) is 0 Å². The van der Waals surface area contributed by atoms with Gasteiger partial charge >= 0.3 is 0 Å². The minimum Gasteiger partial charge on any atom is -0.497 e. The number of ether oxygens (including phenoxy) is 2. The number of hydrogen-bond acceptors (Lipinski definition) is 4. The van der Waals surface area contributed by atoms with Gasteiger partial charge in [0.15, 0.2) is 0 Å². The number of benzene rings is 1. The lowest BCUT2D eigenvalue weighted by molar-refractivity contribution is -0.117. The van der Waals surface area contributed by atoms with Gasteiger partial charge in [-0.15, -0.1) is 0 Å². The van der Waals surface area contributed by atoms with Gasteiger partial charge in [0.1, 0.15) is 11.5 Å². The Morgan fingerprint density at radius 2 is 2.11 bits per heavy atom. The molecule has 0 heterocycles. The Balaban J connectivity index is 2.77. The standard InChI is InChI=1S/C14H22N2O3/c1-4-10(9-15)7-14(17)16-12-8-11(18-2)5-6-13(12)19-3/h5-6,8,10H,4,7,9,15H2,1-3H3,(H,16,17). The number of rotatable bonds is 7. The zero-order valence-corrected chi connectivity index (χ0v) is 11.7. The monoisotopic (exact) mass is 266 g/mol. The van der Waals surface area contributed by atoms with Crippen LogP contribution in [0.4, 0.5) is 5.69 Å². The molecule has 3 N–H and O–H groups in total. The molecule has 1 aromatic rings. The fourth-order valence-corrected chi connectivity index (χ4v) is 1.77. The molecule has 0 aliphatic heterocycles.